The van der Waals surface area contributed by atoms with Crippen molar-refractivity contribution >= 4 is 10.9 Å². The van der Waals surface area contributed by atoms with E-state index in [0.29, 0.717) is 5.92 Å². The van der Waals surface area contributed by atoms with Crippen molar-refractivity contribution in [1.82, 2.24) is 14.9 Å². The Morgan fingerprint density at radius 3 is 3.12 bits per heavy atom. The van der Waals surface area contributed by atoms with Crippen LogP contribution in [0.3, 0.4) is 0 Å². The number of rotatable bonds is 2. The van der Waals surface area contributed by atoms with Gasteiger partial charge in [-0.1, -0.05) is 11.6 Å². The van der Waals surface area contributed by atoms with Crippen LogP contribution in [0.2, 0.25) is 0 Å². The second kappa shape index (κ2) is 4.38. The number of nitrogens with one attached hydrogen (secondary N) is 2. The van der Waals surface area contributed by atoms with E-state index in [4.69, 9.17) is 0 Å². The SMILES string of the molecule is Cc1ccc2[nH]c(CN3CC4CC45C3=CC(O)c3[nH]ccc35)cc2c1. The number of aryl methyl sites for hydroxylation is 1. The number of aromatic amines is 2. The minimum absolute atomic E-state index is 0.164. The van der Waals surface area contributed by atoms with Gasteiger partial charge in [0.2, 0.25) is 0 Å². The molecule has 0 amide bonds. The van der Waals surface area contributed by atoms with Crippen LogP contribution in [0.15, 0.2) is 48.3 Å². The number of piperidine rings is 1. The van der Waals surface area contributed by atoms with E-state index in [1.54, 1.807) is 0 Å². The van der Waals surface area contributed by atoms with Crippen molar-refractivity contribution in [1.29, 1.82) is 0 Å². The number of hydrogen-bond acceptors (Lipinski definition) is 2. The van der Waals surface area contributed by atoms with Crippen LogP contribution in [0.4, 0.5) is 0 Å². The van der Waals surface area contributed by atoms with E-state index in [2.05, 4.69) is 58.2 Å². The smallest absolute Gasteiger partial charge is 0.114 e. The topological polar surface area (TPSA) is 55.1 Å². The van der Waals surface area contributed by atoms with Gasteiger partial charge in [0.1, 0.15) is 6.10 Å². The standard InChI is InChI=1S/C21H21N3O/c1-12-2-3-17-13(6-12)7-15(23-17)11-24-10-14-9-21(14)16-4-5-22-20(16)18(25)8-19(21)24/h2-8,14,18,22-23,25H,9-11H2,1H3. The van der Waals surface area contributed by atoms with Gasteiger partial charge in [-0.15, -0.1) is 0 Å². The average molecular weight is 331 g/mol. The number of nitrogens with zero attached hydrogens (tertiary/aromatic N) is 1. The summed E-state index contributed by atoms with van der Waals surface area (Å²) in [5.74, 6) is 0.687. The normalized spacial score (nSPS) is 29.4. The van der Waals surface area contributed by atoms with Crippen molar-refractivity contribution in [3.8, 4) is 0 Å². The second-order valence-corrected chi connectivity index (χ2v) is 7.94. The van der Waals surface area contributed by atoms with Gasteiger partial charge in [0.05, 0.1) is 12.2 Å². The van der Waals surface area contributed by atoms with Gasteiger partial charge in [-0.2, -0.15) is 0 Å². The van der Waals surface area contributed by atoms with E-state index < -0.39 is 6.10 Å². The molecule has 25 heavy (non-hydrogen) atoms. The minimum atomic E-state index is -0.516. The molecule has 3 aromatic rings. The predicted molar refractivity (Wildman–Crippen MR) is 97.1 cm³/mol. The first-order chi connectivity index (χ1) is 12.1. The number of hydrogen-bond donors (Lipinski definition) is 3. The summed E-state index contributed by atoms with van der Waals surface area (Å²) in [4.78, 5) is 9.26. The van der Waals surface area contributed by atoms with Gasteiger partial charge in [-0.3, -0.25) is 0 Å². The zero-order chi connectivity index (χ0) is 16.8. The summed E-state index contributed by atoms with van der Waals surface area (Å²) in [6.45, 7) is 4.09. The maximum absolute atomic E-state index is 10.5. The number of H-pyrrole nitrogens is 2. The molecule has 4 heteroatoms. The number of fused-ring (bicyclic) bond motifs is 2. The molecule has 3 N–H and O–H groups in total. The summed E-state index contributed by atoms with van der Waals surface area (Å²) >= 11 is 0. The lowest BCUT2D eigenvalue weighted by Gasteiger charge is -2.31. The fourth-order valence-corrected chi connectivity index (χ4v) is 5.23. The van der Waals surface area contributed by atoms with Crippen molar-refractivity contribution in [2.75, 3.05) is 6.54 Å². The highest BCUT2D eigenvalue weighted by molar-refractivity contribution is 5.81. The van der Waals surface area contributed by atoms with E-state index in [0.717, 1.165) is 18.8 Å². The van der Waals surface area contributed by atoms with Gasteiger partial charge >= 0.3 is 0 Å². The summed E-state index contributed by atoms with van der Waals surface area (Å²) in [6, 6.07) is 11.0. The van der Waals surface area contributed by atoms with E-state index >= 15 is 0 Å². The fourth-order valence-electron chi connectivity index (χ4n) is 5.23. The molecule has 0 radical (unpaired) electrons. The maximum atomic E-state index is 10.5. The molecule has 0 bridgehead atoms. The van der Waals surface area contributed by atoms with Crippen molar-refractivity contribution in [3.63, 3.8) is 0 Å². The molecule has 2 aliphatic carbocycles. The first kappa shape index (κ1) is 13.8. The Kier molecular flexibility index (Phi) is 2.42. The average Bonchev–Trinajstić information content (AvgIpc) is 2.97. The molecule has 1 spiro atoms. The summed E-state index contributed by atoms with van der Waals surface area (Å²) in [5.41, 5.74) is 7.53. The lowest BCUT2D eigenvalue weighted by atomic mass is 9.85. The number of benzene rings is 1. The van der Waals surface area contributed by atoms with E-state index in [1.165, 1.54) is 39.8 Å². The van der Waals surface area contributed by atoms with Crippen LogP contribution in [0.25, 0.3) is 10.9 Å². The lowest BCUT2D eigenvalue weighted by molar-refractivity contribution is 0.210. The van der Waals surface area contributed by atoms with Crippen LogP contribution in [0.5, 0.6) is 0 Å². The van der Waals surface area contributed by atoms with E-state index in [1.807, 2.05) is 6.20 Å². The monoisotopic (exact) mass is 331 g/mol. The molecule has 126 valence electrons. The predicted octanol–water partition coefficient (Wildman–Crippen LogP) is 3.51. The molecule has 2 aromatic heterocycles. The van der Waals surface area contributed by atoms with Gasteiger partial charge < -0.3 is 20.0 Å². The van der Waals surface area contributed by atoms with Crippen LogP contribution in [-0.2, 0) is 12.0 Å². The number of allylic oxidation sites excluding steroid dienone is 1. The lowest BCUT2D eigenvalue weighted by Crippen LogP contribution is -2.28. The summed E-state index contributed by atoms with van der Waals surface area (Å²) in [5, 5.41) is 11.8. The molecule has 3 heterocycles. The van der Waals surface area contributed by atoms with Crippen LogP contribution in [-0.4, -0.2) is 26.5 Å². The third-order valence-corrected chi connectivity index (χ3v) is 6.41. The number of aliphatic hydroxyl groups excluding tert-OH is 1. The van der Waals surface area contributed by atoms with Crippen molar-refractivity contribution in [3.05, 3.63) is 70.8 Å². The highest BCUT2D eigenvalue weighted by atomic mass is 16.3. The molecule has 1 aromatic carbocycles. The molecule has 3 aliphatic rings. The minimum Gasteiger partial charge on any atom is -0.383 e. The molecule has 1 aliphatic heterocycles. The molecule has 6 rings (SSSR count). The fraction of sp³-hybridized carbons (Fsp3) is 0.333. The van der Waals surface area contributed by atoms with Gasteiger partial charge in [-0.25, -0.2) is 0 Å². The Labute approximate surface area is 146 Å². The van der Waals surface area contributed by atoms with E-state index in [9.17, 15) is 5.11 Å². The third-order valence-electron chi connectivity index (χ3n) is 6.41. The van der Waals surface area contributed by atoms with Gasteiger partial charge in [0.25, 0.3) is 0 Å². The van der Waals surface area contributed by atoms with E-state index in [-0.39, 0.29) is 5.41 Å². The maximum Gasteiger partial charge on any atom is 0.114 e. The first-order valence-corrected chi connectivity index (χ1v) is 9.06. The largest absolute Gasteiger partial charge is 0.383 e. The molecule has 3 atom stereocenters. The van der Waals surface area contributed by atoms with Crippen molar-refractivity contribution < 1.29 is 5.11 Å². The summed E-state index contributed by atoms with van der Waals surface area (Å²) in [7, 11) is 0. The molecular formula is C21H21N3O. The van der Waals surface area contributed by atoms with Crippen molar-refractivity contribution in [2.45, 2.75) is 31.4 Å². The molecule has 1 saturated heterocycles. The molecular weight excluding hydrogens is 310 g/mol. The zero-order valence-electron chi connectivity index (χ0n) is 14.2. The van der Waals surface area contributed by atoms with Gasteiger partial charge in [-0.05, 0) is 60.6 Å². The van der Waals surface area contributed by atoms with Crippen LogP contribution >= 0.6 is 0 Å². The summed E-state index contributed by atoms with van der Waals surface area (Å²) < 4.78 is 0. The number of aliphatic hydroxyl groups is 1. The molecule has 4 nitrogen and oxygen atoms in total. The summed E-state index contributed by atoms with van der Waals surface area (Å²) in [6.07, 6.45) is 4.74. The number of aromatic nitrogens is 2. The third kappa shape index (κ3) is 1.70. The zero-order valence-corrected chi connectivity index (χ0v) is 14.2. The molecule has 3 unspecified atom stereocenters. The highest BCUT2D eigenvalue weighted by Gasteiger charge is 2.66. The van der Waals surface area contributed by atoms with Crippen molar-refractivity contribution in [2.24, 2.45) is 5.92 Å². The Hall–Kier alpha value is -2.46. The van der Waals surface area contributed by atoms with Crippen LogP contribution in [0, 0.1) is 12.8 Å². The van der Waals surface area contributed by atoms with Crippen LogP contribution in [0.1, 0.15) is 35.0 Å². The highest BCUT2D eigenvalue weighted by Crippen LogP contribution is 2.67. The second-order valence-electron chi connectivity index (χ2n) is 7.94. The molecule has 2 fully saturated rings. The molecule has 1 saturated carbocycles. The Morgan fingerprint density at radius 2 is 2.20 bits per heavy atom. The Morgan fingerprint density at radius 1 is 1.28 bits per heavy atom. The van der Waals surface area contributed by atoms with Gasteiger partial charge in [0.15, 0.2) is 0 Å². The first-order valence-electron chi connectivity index (χ1n) is 9.06. The number of likely N-dealkylation sites (tertiary alicyclic amines) is 1. The Bertz CT molecular complexity index is 1040. The quantitative estimate of drug-likeness (QED) is 0.673. The Balaban J connectivity index is 1.37. The van der Waals surface area contributed by atoms with Crippen LogP contribution < -0.4 is 0 Å². The van der Waals surface area contributed by atoms with Gasteiger partial charge in [0, 0.05) is 35.1 Å².